The summed E-state index contributed by atoms with van der Waals surface area (Å²) in [5, 5.41) is 2.84. The van der Waals surface area contributed by atoms with E-state index >= 15 is 0 Å². The van der Waals surface area contributed by atoms with E-state index in [9.17, 15) is 4.79 Å². The Kier molecular flexibility index (Phi) is 4.12. The maximum absolute atomic E-state index is 11.7. The van der Waals surface area contributed by atoms with Gasteiger partial charge in [-0.2, -0.15) is 0 Å². The maximum atomic E-state index is 11.7. The number of rotatable bonds is 4. The van der Waals surface area contributed by atoms with E-state index < -0.39 is 0 Å². The molecule has 0 saturated heterocycles. The second-order valence-electron chi connectivity index (χ2n) is 4.70. The molecule has 0 fully saturated rings. The van der Waals surface area contributed by atoms with Gasteiger partial charge in [-0.05, 0) is 12.1 Å². The summed E-state index contributed by atoms with van der Waals surface area (Å²) in [6.07, 6.45) is 1.36. The molecule has 0 spiro atoms. The first-order valence-corrected chi connectivity index (χ1v) is 5.29. The van der Waals surface area contributed by atoms with Crippen molar-refractivity contribution in [3.8, 4) is 0 Å². The van der Waals surface area contributed by atoms with Gasteiger partial charge in [-0.15, -0.1) is 0 Å². The molecule has 1 heterocycles. The standard InChI is InChI=1S/C12H19NO3/c1-12(2,3)11(14)13-8-10(15-4)9-6-5-7-16-9/h5-7,10H,8H2,1-4H3,(H,13,14). The third kappa shape index (κ3) is 3.38. The predicted molar refractivity (Wildman–Crippen MR) is 60.9 cm³/mol. The predicted octanol–water partition coefficient (Wildman–Crippen LogP) is 2.13. The lowest BCUT2D eigenvalue weighted by atomic mass is 9.95. The van der Waals surface area contributed by atoms with Crippen molar-refractivity contribution in [2.24, 2.45) is 5.41 Å². The first kappa shape index (κ1) is 12.8. The highest BCUT2D eigenvalue weighted by molar-refractivity contribution is 5.81. The molecular formula is C12H19NO3. The van der Waals surface area contributed by atoms with Crippen LogP contribution in [0.4, 0.5) is 0 Å². The van der Waals surface area contributed by atoms with E-state index in [1.54, 1.807) is 19.4 Å². The molecule has 1 unspecified atom stereocenters. The zero-order valence-electron chi connectivity index (χ0n) is 10.2. The van der Waals surface area contributed by atoms with E-state index in [2.05, 4.69) is 5.32 Å². The van der Waals surface area contributed by atoms with Crippen LogP contribution in [0.25, 0.3) is 0 Å². The molecule has 4 nitrogen and oxygen atoms in total. The molecule has 0 aliphatic carbocycles. The number of carbonyl (C=O) groups excluding carboxylic acids is 1. The molecule has 0 radical (unpaired) electrons. The molecule has 0 aromatic carbocycles. The lowest BCUT2D eigenvalue weighted by Gasteiger charge is -2.20. The van der Waals surface area contributed by atoms with Crippen molar-refractivity contribution in [2.75, 3.05) is 13.7 Å². The van der Waals surface area contributed by atoms with Crippen LogP contribution in [0, 0.1) is 5.41 Å². The van der Waals surface area contributed by atoms with Crippen LogP contribution in [-0.2, 0) is 9.53 Å². The van der Waals surface area contributed by atoms with Crippen molar-refractivity contribution in [1.29, 1.82) is 0 Å². The first-order valence-electron chi connectivity index (χ1n) is 5.29. The van der Waals surface area contributed by atoms with Crippen LogP contribution < -0.4 is 5.32 Å². The minimum atomic E-state index is -0.387. The molecule has 0 aliphatic rings. The number of hydrogen-bond acceptors (Lipinski definition) is 3. The second-order valence-corrected chi connectivity index (χ2v) is 4.70. The van der Waals surface area contributed by atoms with Crippen molar-refractivity contribution in [3.05, 3.63) is 24.2 Å². The largest absolute Gasteiger partial charge is 0.467 e. The van der Waals surface area contributed by atoms with Crippen molar-refractivity contribution in [1.82, 2.24) is 5.32 Å². The first-order chi connectivity index (χ1) is 7.45. The molecule has 1 amide bonds. The summed E-state index contributed by atoms with van der Waals surface area (Å²) in [6.45, 7) is 6.03. The smallest absolute Gasteiger partial charge is 0.225 e. The van der Waals surface area contributed by atoms with E-state index in [1.807, 2.05) is 26.8 Å². The van der Waals surface area contributed by atoms with Gasteiger partial charge in [0.25, 0.3) is 0 Å². The van der Waals surface area contributed by atoms with Gasteiger partial charge in [-0.3, -0.25) is 4.79 Å². The Morgan fingerprint density at radius 3 is 2.69 bits per heavy atom. The zero-order chi connectivity index (χ0) is 12.2. The van der Waals surface area contributed by atoms with Crippen molar-refractivity contribution in [2.45, 2.75) is 26.9 Å². The molecule has 0 bridgehead atoms. The van der Waals surface area contributed by atoms with Gasteiger partial charge in [0.05, 0.1) is 12.8 Å². The Hall–Kier alpha value is -1.29. The molecule has 0 saturated carbocycles. The fraction of sp³-hybridized carbons (Fsp3) is 0.583. The van der Waals surface area contributed by atoms with E-state index in [1.165, 1.54) is 0 Å². The summed E-state index contributed by atoms with van der Waals surface area (Å²) in [5.41, 5.74) is -0.387. The van der Waals surface area contributed by atoms with Crippen molar-refractivity contribution < 1.29 is 13.9 Å². The van der Waals surface area contributed by atoms with Gasteiger partial charge in [0.1, 0.15) is 11.9 Å². The monoisotopic (exact) mass is 225 g/mol. The molecule has 90 valence electrons. The molecule has 1 atom stereocenters. The average molecular weight is 225 g/mol. The molecule has 16 heavy (non-hydrogen) atoms. The number of methoxy groups -OCH3 is 1. The summed E-state index contributed by atoms with van der Waals surface area (Å²) >= 11 is 0. The Balaban J connectivity index is 2.51. The number of ether oxygens (including phenoxy) is 1. The van der Waals surface area contributed by atoms with E-state index in [4.69, 9.17) is 9.15 Å². The molecule has 1 rings (SSSR count). The van der Waals surface area contributed by atoms with Gasteiger partial charge in [-0.25, -0.2) is 0 Å². The Morgan fingerprint density at radius 2 is 2.25 bits per heavy atom. The molecule has 4 heteroatoms. The normalized spacial score (nSPS) is 13.5. The van der Waals surface area contributed by atoms with Gasteiger partial charge in [0.2, 0.25) is 5.91 Å². The average Bonchev–Trinajstić information content (AvgIpc) is 2.70. The Morgan fingerprint density at radius 1 is 1.56 bits per heavy atom. The molecule has 1 aromatic heterocycles. The fourth-order valence-corrected chi connectivity index (χ4v) is 1.23. The number of amides is 1. The summed E-state index contributed by atoms with van der Waals surface area (Å²) in [7, 11) is 1.59. The lowest BCUT2D eigenvalue weighted by molar-refractivity contribution is -0.129. The van der Waals surface area contributed by atoms with E-state index in [-0.39, 0.29) is 17.4 Å². The Labute approximate surface area is 96.0 Å². The SMILES string of the molecule is COC(CNC(=O)C(C)(C)C)c1ccco1. The van der Waals surface area contributed by atoms with Crippen LogP contribution in [0.1, 0.15) is 32.6 Å². The van der Waals surface area contributed by atoms with Gasteiger partial charge >= 0.3 is 0 Å². The highest BCUT2D eigenvalue weighted by atomic mass is 16.5. The number of furan rings is 1. The third-order valence-corrected chi connectivity index (χ3v) is 2.27. The molecule has 0 aliphatic heterocycles. The summed E-state index contributed by atoms with van der Waals surface area (Å²) in [6, 6.07) is 3.63. The number of hydrogen-bond donors (Lipinski definition) is 1. The lowest BCUT2D eigenvalue weighted by Crippen LogP contribution is -2.37. The van der Waals surface area contributed by atoms with Crippen molar-refractivity contribution >= 4 is 5.91 Å². The van der Waals surface area contributed by atoms with E-state index in [0.29, 0.717) is 6.54 Å². The highest BCUT2D eigenvalue weighted by Gasteiger charge is 2.22. The summed E-state index contributed by atoms with van der Waals surface area (Å²) in [4.78, 5) is 11.7. The second kappa shape index (κ2) is 5.16. The molecular weight excluding hydrogens is 206 g/mol. The Bertz CT molecular complexity index is 325. The maximum Gasteiger partial charge on any atom is 0.225 e. The fourth-order valence-electron chi connectivity index (χ4n) is 1.23. The topological polar surface area (TPSA) is 51.5 Å². The van der Waals surface area contributed by atoms with Gasteiger partial charge in [0, 0.05) is 12.5 Å². The van der Waals surface area contributed by atoms with Gasteiger partial charge in [0.15, 0.2) is 0 Å². The highest BCUT2D eigenvalue weighted by Crippen LogP contribution is 2.17. The summed E-state index contributed by atoms with van der Waals surface area (Å²) < 4.78 is 10.5. The van der Waals surface area contributed by atoms with Crippen LogP contribution in [0.5, 0.6) is 0 Å². The van der Waals surface area contributed by atoms with E-state index in [0.717, 1.165) is 5.76 Å². The molecule has 1 aromatic rings. The van der Waals surface area contributed by atoms with Crippen LogP contribution in [-0.4, -0.2) is 19.6 Å². The summed E-state index contributed by atoms with van der Waals surface area (Å²) in [5.74, 6) is 0.720. The van der Waals surface area contributed by atoms with Crippen molar-refractivity contribution in [3.63, 3.8) is 0 Å². The number of nitrogens with one attached hydrogen (secondary N) is 1. The number of carbonyl (C=O) groups is 1. The van der Waals surface area contributed by atoms with Gasteiger partial charge < -0.3 is 14.5 Å². The zero-order valence-corrected chi connectivity index (χ0v) is 10.2. The van der Waals surface area contributed by atoms with Crippen LogP contribution >= 0.6 is 0 Å². The van der Waals surface area contributed by atoms with Gasteiger partial charge in [-0.1, -0.05) is 20.8 Å². The third-order valence-electron chi connectivity index (χ3n) is 2.27. The minimum absolute atomic E-state index is 0.00102. The van der Waals surface area contributed by atoms with Crippen LogP contribution in [0.2, 0.25) is 0 Å². The molecule has 1 N–H and O–H groups in total. The minimum Gasteiger partial charge on any atom is -0.467 e. The van der Waals surface area contributed by atoms with Crippen LogP contribution in [0.15, 0.2) is 22.8 Å². The quantitative estimate of drug-likeness (QED) is 0.854. The van der Waals surface area contributed by atoms with Crippen LogP contribution in [0.3, 0.4) is 0 Å².